The second kappa shape index (κ2) is 7.03. The lowest BCUT2D eigenvalue weighted by Crippen LogP contribution is -2.17. The first-order chi connectivity index (χ1) is 12.3. The highest BCUT2D eigenvalue weighted by Crippen LogP contribution is 2.32. The van der Waals surface area contributed by atoms with E-state index in [1.165, 1.54) is 17.5 Å². The predicted molar refractivity (Wildman–Crippen MR) is 94.0 cm³/mol. The lowest BCUT2D eigenvalue weighted by atomic mass is 9.88. The summed E-state index contributed by atoms with van der Waals surface area (Å²) in [7, 11) is 1.60. The van der Waals surface area contributed by atoms with Crippen LogP contribution in [0.25, 0.3) is 11.5 Å². The molecule has 0 radical (unpaired) electrons. The molecule has 2 aromatic heterocycles. The summed E-state index contributed by atoms with van der Waals surface area (Å²) in [4.78, 5) is 8.79. The molecule has 0 fully saturated rings. The van der Waals surface area contributed by atoms with Crippen LogP contribution in [0.5, 0.6) is 0 Å². The van der Waals surface area contributed by atoms with Gasteiger partial charge in [0.25, 0.3) is 5.89 Å². The average Bonchev–Trinajstić information content (AvgIpc) is 3.12. The Bertz CT molecular complexity index is 845. The molecule has 1 atom stereocenters. The molecule has 1 aliphatic rings. The summed E-state index contributed by atoms with van der Waals surface area (Å²) >= 11 is 0. The average molecular weight is 336 g/mol. The molecule has 0 aliphatic heterocycles. The molecule has 0 amide bonds. The second-order valence-corrected chi connectivity index (χ2v) is 6.17. The number of methoxy groups -OCH3 is 1. The summed E-state index contributed by atoms with van der Waals surface area (Å²) < 4.78 is 10.2. The number of rotatable bonds is 5. The van der Waals surface area contributed by atoms with Crippen LogP contribution in [0.1, 0.15) is 35.8 Å². The minimum absolute atomic E-state index is 0.306. The Balaban J connectivity index is 1.49. The number of aryl methyl sites for hydroxylation is 1. The molecule has 2 heterocycles. The minimum atomic E-state index is 0.306. The summed E-state index contributed by atoms with van der Waals surface area (Å²) in [5.41, 5.74) is 3.60. The number of nitrogens with one attached hydrogen (secondary N) is 1. The van der Waals surface area contributed by atoms with Gasteiger partial charge in [-0.2, -0.15) is 4.98 Å². The Kier molecular flexibility index (Phi) is 4.43. The molecule has 0 spiro atoms. The monoisotopic (exact) mass is 336 g/mol. The highest BCUT2D eigenvalue weighted by molar-refractivity contribution is 5.54. The number of fused-ring (bicyclic) bond motifs is 1. The highest BCUT2D eigenvalue weighted by atomic mass is 16.5. The van der Waals surface area contributed by atoms with Crippen LogP contribution < -0.4 is 5.32 Å². The number of hydrogen-bond acceptors (Lipinski definition) is 6. The van der Waals surface area contributed by atoms with Crippen molar-refractivity contribution in [2.75, 3.05) is 12.4 Å². The van der Waals surface area contributed by atoms with Crippen LogP contribution in [0.4, 0.5) is 5.82 Å². The Labute approximate surface area is 146 Å². The molecule has 4 rings (SSSR count). The van der Waals surface area contributed by atoms with Gasteiger partial charge < -0.3 is 14.6 Å². The number of aromatic nitrogens is 3. The molecule has 6 heteroatoms. The normalized spacial score (nSPS) is 16.4. The van der Waals surface area contributed by atoms with E-state index in [1.807, 2.05) is 12.1 Å². The first-order valence-corrected chi connectivity index (χ1v) is 8.46. The molecular formula is C19H20N4O2. The fourth-order valence-electron chi connectivity index (χ4n) is 3.25. The van der Waals surface area contributed by atoms with Gasteiger partial charge in [-0.1, -0.05) is 29.4 Å². The molecule has 1 aromatic carbocycles. The van der Waals surface area contributed by atoms with E-state index < -0.39 is 0 Å². The summed E-state index contributed by atoms with van der Waals surface area (Å²) in [6.45, 7) is 0.331. The van der Waals surface area contributed by atoms with Gasteiger partial charge in [0.15, 0.2) is 5.82 Å². The van der Waals surface area contributed by atoms with Crippen LogP contribution >= 0.6 is 0 Å². The van der Waals surface area contributed by atoms with Gasteiger partial charge >= 0.3 is 0 Å². The second-order valence-electron chi connectivity index (χ2n) is 6.17. The topological polar surface area (TPSA) is 73.1 Å². The van der Waals surface area contributed by atoms with Crippen molar-refractivity contribution in [3.63, 3.8) is 0 Å². The molecule has 0 bridgehead atoms. The quantitative estimate of drug-likeness (QED) is 0.764. The van der Waals surface area contributed by atoms with Crippen LogP contribution in [-0.4, -0.2) is 22.2 Å². The van der Waals surface area contributed by atoms with Crippen molar-refractivity contribution in [3.8, 4) is 11.5 Å². The fraction of sp³-hybridized carbons (Fsp3) is 0.316. The van der Waals surface area contributed by atoms with Gasteiger partial charge in [0, 0.05) is 13.3 Å². The Morgan fingerprint density at radius 3 is 3.00 bits per heavy atom. The van der Waals surface area contributed by atoms with Crippen LogP contribution in [0.15, 0.2) is 47.1 Å². The van der Waals surface area contributed by atoms with E-state index in [1.54, 1.807) is 13.3 Å². The number of anilines is 1. The van der Waals surface area contributed by atoms with Crippen molar-refractivity contribution in [1.82, 2.24) is 15.1 Å². The van der Waals surface area contributed by atoms with E-state index in [2.05, 4.69) is 44.7 Å². The molecule has 0 saturated heterocycles. The molecule has 0 saturated carbocycles. The Hall–Kier alpha value is -2.73. The van der Waals surface area contributed by atoms with Crippen molar-refractivity contribution in [3.05, 3.63) is 59.5 Å². The number of ether oxygens (including phenoxy) is 1. The molecule has 3 aromatic rings. The van der Waals surface area contributed by atoms with E-state index in [4.69, 9.17) is 9.26 Å². The van der Waals surface area contributed by atoms with E-state index in [0.717, 1.165) is 24.2 Å². The van der Waals surface area contributed by atoms with Gasteiger partial charge in [-0.15, -0.1) is 0 Å². The van der Waals surface area contributed by atoms with Gasteiger partial charge in [-0.05, 0) is 42.5 Å². The van der Waals surface area contributed by atoms with Gasteiger partial charge in [0.1, 0.15) is 12.4 Å². The summed E-state index contributed by atoms with van der Waals surface area (Å²) in [6.07, 6.45) is 5.21. The van der Waals surface area contributed by atoms with Crippen molar-refractivity contribution >= 4 is 5.82 Å². The van der Waals surface area contributed by atoms with Crippen molar-refractivity contribution in [1.29, 1.82) is 0 Å². The van der Waals surface area contributed by atoms with Crippen molar-refractivity contribution in [2.24, 2.45) is 0 Å². The first-order valence-electron chi connectivity index (χ1n) is 8.46. The largest absolute Gasteiger partial charge is 0.377 e. The predicted octanol–water partition coefficient (Wildman–Crippen LogP) is 3.77. The SMILES string of the molecule is COCc1noc(-c2ccc(N[C@@H]3CCCc4ccccc43)nc2)n1. The van der Waals surface area contributed by atoms with Crippen LogP contribution in [0, 0.1) is 0 Å². The van der Waals surface area contributed by atoms with Crippen molar-refractivity contribution in [2.45, 2.75) is 31.9 Å². The third-order valence-electron chi connectivity index (χ3n) is 4.44. The zero-order chi connectivity index (χ0) is 17.1. The Morgan fingerprint density at radius 1 is 1.24 bits per heavy atom. The van der Waals surface area contributed by atoms with Gasteiger partial charge in [0.05, 0.1) is 11.6 Å². The van der Waals surface area contributed by atoms with Crippen molar-refractivity contribution < 1.29 is 9.26 Å². The first kappa shape index (κ1) is 15.8. The zero-order valence-corrected chi connectivity index (χ0v) is 14.1. The molecule has 1 N–H and O–H groups in total. The summed E-state index contributed by atoms with van der Waals surface area (Å²) in [6, 6.07) is 12.8. The minimum Gasteiger partial charge on any atom is -0.377 e. The van der Waals surface area contributed by atoms with Gasteiger partial charge in [0.2, 0.25) is 0 Å². The van der Waals surface area contributed by atoms with Crippen LogP contribution in [0.2, 0.25) is 0 Å². The van der Waals surface area contributed by atoms with E-state index in [0.29, 0.717) is 24.4 Å². The molecule has 6 nitrogen and oxygen atoms in total. The number of benzene rings is 1. The lowest BCUT2D eigenvalue weighted by molar-refractivity contribution is 0.174. The molecule has 0 unspecified atom stereocenters. The maximum atomic E-state index is 5.24. The van der Waals surface area contributed by atoms with E-state index in [9.17, 15) is 0 Å². The lowest BCUT2D eigenvalue weighted by Gasteiger charge is -2.26. The van der Waals surface area contributed by atoms with Crippen LogP contribution in [-0.2, 0) is 17.8 Å². The van der Waals surface area contributed by atoms with Gasteiger partial charge in [-0.3, -0.25) is 0 Å². The maximum absolute atomic E-state index is 5.24. The summed E-state index contributed by atoms with van der Waals surface area (Å²) in [5.74, 6) is 1.83. The molecule has 1 aliphatic carbocycles. The third-order valence-corrected chi connectivity index (χ3v) is 4.44. The highest BCUT2D eigenvalue weighted by Gasteiger charge is 2.20. The zero-order valence-electron chi connectivity index (χ0n) is 14.1. The molecule has 128 valence electrons. The Morgan fingerprint density at radius 2 is 2.16 bits per heavy atom. The molecular weight excluding hydrogens is 316 g/mol. The molecule has 25 heavy (non-hydrogen) atoms. The van der Waals surface area contributed by atoms with Crippen LogP contribution in [0.3, 0.4) is 0 Å². The standard InChI is InChI=1S/C19H20N4O2/c1-24-12-18-22-19(25-23-18)14-9-10-17(20-11-14)21-16-8-4-6-13-5-2-3-7-15(13)16/h2-3,5,7,9-11,16H,4,6,8,12H2,1H3,(H,20,21)/t16-/m1/s1. The number of hydrogen-bond donors (Lipinski definition) is 1. The number of pyridine rings is 1. The number of nitrogens with zero attached hydrogens (tertiary/aromatic N) is 3. The maximum Gasteiger partial charge on any atom is 0.259 e. The third kappa shape index (κ3) is 3.39. The van der Waals surface area contributed by atoms with E-state index >= 15 is 0 Å². The smallest absolute Gasteiger partial charge is 0.259 e. The summed E-state index contributed by atoms with van der Waals surface area (Å²) in [5, 5.41) is 7.41. The van der Waals surface area contributed by atoms with Gasteiger partial charge in [-0.25, -0.2) is 4.98 Å². The van der Waals surface area contributed by atoms with E-state index in [-0.39, 0.29) is 0 Å². The fourth-order valence-corrected chi connectivity index (χ4v) is 3.25.